The fraction of sp³-hybridized carbons (Fsp3) is 0.467. The highest BCUT2D eigenvalue weighted by Gasteiger charge is 2.44. The topological polar surface area (TPSA) is 96.7 Å². The number of anilines is 1. The monoisotopic (exact) mass is 306 g/mol. The van der Waals surface area contributed by atoms with E-state index in [1.807, 2.05) is 13.8 Å². The molecule has 7 nitrogen and oxygen atoms in total. The summed E-state index contributed by atoms with van der Waals surface area (Å²) in [6.07, 6.45) is 1.32. The fourth-order valence-electron chi connectivity index (χ4n) is 2.75. The highest BCUT2D eigenvalue weighted by Crippen LogP contribution is 2.33. The number of hydrogen-bond acceptors (Lipinski definition) is 4. The van der Waals surface area contributed by atoms with Gasteiger partial charge in [-0.1, -0.05) is 0 Å². The minimum atomic E-state index is -0.577. The molecule has 4 N–H and O–H groups in total. The number of nitrogens with zero attached hydrogens (tertiary/aromatic N) is 1. The summed E-state index contributed by atoms with van der Waals surface area (Å²) in [6.45, 7) is 3.81. The SMILES string of the molecule is COc1ccc(NNC(=O)C2CCC(C)(C)N2C(N)=O)cc1. The molecule has 1 aromatic rings. The molecule has 0 aliphatic carbocycles. The van der Waals surface area contributed by atoms with E-state index in [4.69, 9.17) is 10.5 Å². The Morgan fingerprint density at radius 2 is 1.95 bits per heavy atom. The Balaban J connectivity index is 1.98. The second kappa shape index (κ2) is 6.13. The van der Waals surface area contributed by atoms with Crippen molar-refractivity contribution in [2.45, 2.75) is 38.3 Å². The molecule has 0 saturated carbocycles. The number of nitrogens with two attached hydrogens (primary N) is 1. The van der Waals surface area contributed by atoms with E-state index in [1.165, 1.54) is 4.90 Å². The zero-order valence-corrected chi connectivity index (χ0v) is 13.1. The van der Waals surface area contributed by atoms with Gasteiger partial charge in [0.1, 0.15) is 11.8 Å². The molecule has 1 aliphatic heterocycles. The third-order valence-corrected chi connectivity index (χ3v) is 3.95. The average molecular weight is 306 g/mol. The Kier molecular flexibility index (Phi) is 4.44. The van der Waals surface area contributed by atoms with Gasteiger partial charge < -0.3 is 15.4 Å². The summed E-state index contributed by atoms with van der Waals surface area (Å²) in [5.41, 5.74) is 11.2. The number of carbonyl (C=O) groups excluding carboxylic acids is 2. The van der Waals surface area contributed by atoms with E-state index in [0.29, 0.717) is 6.42 Å². The Bertz CT molecular complexity index is 556. The van der Waals surface area contributed by atoms with E-state index in [1.54, 1.807) is 31.4 Å². The summed E-state index contributed by atoms with van der Waals surface area (Å²) in [5.74, 6) is 0.453. The Morgan fingerprint density at radius 1 is 1.32 bits per heavy atom. The lowest BCUT2D eigenvalue weighted by Crippen LogP contribution is -2.55. The summed E-state index contributed by atoms with van der Waals surface area (Å²) >= 11 is 0. The lowest BCUT2D eigenvalue weighted by molar-refractivity contribution is -0.124. The van der Waals surface area contributed by atoms with Crippen molar-refractivity contribution >= 4 is 17.6 Å². The normalized spacial score (nSPS) is 19.6. The van der Waals surface area contributed by atoms with Crippen molar-refractivity contribution in [1.29, 1.82) is 0 Å². The predicted molar refractivity (Wildman–Crippen MR) is 83.3 cm³/mol. The third kappa shape index (κ3) is 3.24. The van der Waals surface area contributed by atoms with Gasteiger partial charge in [0.2, 0.25) is 0 Å². The number of hydrogen-bond donors (Lipinski definition) is 3. The Labute approximate surface area is 129 Å². The molecule has 120 valence electrons. The van der Waals surface area contributed by atoms with E-state index >= 15 is 0 Å². The third-order valence-electron chi connectivity index (χ3n) is 3.95. The van der Waals surface area contributed by atoms with Gasteiger partial charge in [0.15, 0.2) is 0 Å². The Hall–Kier alpha value is -2.44. The fourth-order valence-corrected chi connectivity index (χ4v) is 2.75. The maximum absolute atomic E-state index is 12.3. The molecule has 2 rings (SSSR count). The molecule has 3 amide bonds. The zero-order chi connectivity index (χ0) is 16.3. The van der Waals surface area contributed by atoms with Crippen LogP contribution in [0, 0.1) is 0 Å². The molecule has 0 aromatic heterocycles. The number of nitrogens with one attached hydrogen (secondary N) is 2. The largest absolute Gasteiger partial charge is 0.497 e. The molecule has 1 aliphatic rings. The molecule has 1 fully saturated rings. The van der Waals surface area contributed by atoms with Crippen molar-refractivity contribution in [1.82, 2.24) is 10.3 Å². The minimum Gasteiger partial charge on any atom is -0.497 e. The first-order valence-electron chi connectivity index (χ1n) is 7.14. The Morgan fingerprint density at radius 3 is 2.50 bits per heavy atom. The van der Waals surface area contributed by atoms with Gasteiger partial charge in [0.05, 0.1) is 12.8 Å². The van der Waals surface area contributed by atoms with E-state index < -0.39 is 17.6 Å². The van der Waals surface area contributed by atoms with E-state index in [2.05, 4.69) is 10.9 Å². The quantitative estimate of drug-likeness (QED) is 0.734. The van der Waals surface area contributed by atoms with Crippen LogP contribution in [0.1, 0.15) is 26.7 Å². The van der Waals surface area contributed by atoms with Gasteiger partial charge >= 0.3 is 6.03 Å². The molecule has 1 saturated heterocycles. The van der Waals surface area contributed by atoms with Crippen LogP contribution in [-0.4, -0.2) is 35.5 Å². The maximum atomic E-state index is 12.3. The van der Waals surface area contributed by atoms with Crippen LogP contribution in [0.25, 0.3) is 0 Å². The smallest absolute Gasteiger partial charge is 0.315 e. The van der Waals surface area contributed by atoms with Gasteiger partial charge in [-0.3, -0.25) is 15.6 Å². The van der Waals surface area contributed by atoms with Crippen molar-refractivity contribution in [3.63, 3.8) is 0 Å². The van der Waals surface area contributed by atoms with Crippen molar-refractivity contribution < 1.29 is 14.3 Å². The maximum Gasteiger partial charge on any atom is 0.315 e. The number of hydrazine groups is 1. The lowest BCUT2D eigenvalue weighted by atomic mass is 10.0. The van der Waals surface area contributed by atoms with Gasteiger partial charge in [-0.05, 0) is 51.0 Å². The van der Waals surface area contributed by atoms with Gasteiger partial charge in [0.25, 0.3) is 5.91 Å². The van der Waals surface area contributed by atoms with Crippen molar-refractivity contribution in [2.75, 3.05) is 12.5 Å². The van der Waals surface area contributed by atoms with Crippen molar-refractivity contribution in [3.05, 3.63) is 24.3 Å². The zero-order valence-electron chi connectivity index (χ0n) is 13.1. The number of benzene rings is 1. The van der Waals surface area contributed by atoms with E-state index in [9.17, 15) is 9.59 Å². The predicted octanol–water partition coefficient (Wildman–Crippen LogP) is 1.46. The van der Waals surface area contributed by atoms with E-state index in [-0.39, 0.29) is 5.91 Å². The number of likely N-dealkylation sites (tertiary alicyclic amines) is 1. The molecular weight excluding hydrogens is 284 g/mol. The molecule has 1 unspecified atom stereocenters. The second-order valence-electron chi connectivity index (χ2n) is 5.92. The molecule has 0 spiro atoms. The van der Waals surface area contributed by atoms with Crippen LogP contribution in [0.3, 0.4) is 0 Å². The molecule has 1 atom stereocenters. The number of urea groups is 1. The molecule has 22 heavy (non-hydrogen) atoms. The summed E-state index contributed by atoms with van der Waals surface area (Å²) in [6, 6.07) is 5.99. The highest BCUT2D eigenvalue weighted by molar-refractivity contribution is 5.88. The van der Waals surface area contributed by atoms with Crippen molar-refractivity contribution in [2.24, 2.45) is 5.73 Å². The van der Waals surface area contributed by atoms with Crippen LogP contribution in [0.4, 0.5) is 10.5 Å². The number of carbonyl (C=O) groups is 2. The van der Waals surface area contributed by atoms with Gasteiger partial charge in [0, 0.05) is 5.54 Å². The van der Waals surface area contributed by atoms with Crippen LogP contribution >= 0.6 is 0 Å². The molecule has 1 aromatic carbocycles. The van der Waals surface area contributed by atoms with Crippen LogP contribution in [0.15, 0.2) is 24.3 Å². The van der Waals surface area contributed by atoms with Crippen LogP contribution in [0.5, 0.6) is 5.75 Å². The van der Waals surface area contributed by atoms with Crippen LogP contribution in [0.2, 0.25) is 0 Å². The summed E-state index contributed by atoms with van der Waals surface area (Å²) in [5, 5.41) is 0. The van der Waals surface area contributed by atoms with Gasteiger partial charge in [-0.15, -0.1) is 0 Å². The van der Waals surface area contributed by atoms with Gasteiger partial charge in [-0.25, -0.2) is 4.79 Å². The average Bonchev–Trinajstić information content (AvgIpc) is 2.81. The van der Waals surface area contributed by atoms with Crippen molar-refractivity contribution in [3.8, 4) is 5.75 Å². The second-order valence-corrected chi connectivity index (χ2v) is 5.92. The summed E-state index contributed by atoms with van der Waals surface area (Å²) < 4.78 is 5.07. The standard InChI is InChI=1S/C15H22N4O3/c1-15(2)9-8-12(19(15)14(16)21)13(20)18-17-10-4-6-11(22-3)7-5-10/h4-7,12,17H,8-9H2,1-3H3,(H2,16,21)(H,18,20). The highest BCUT2D eigenvalue weighted by atomic mass is 16.5. The summed E-state index contributed by atoms with van der Waals surface area (Å²) in [7, 11) is 1.59. The molecule has 0 bridgehead atoms. The van der Waals surface area contributed by atoms with E-state index in [0.717, 1.165) is 17.9 Å². The number of ether oxygens (including phenoxy) is 1. The first-order chi connectivity index (χ1) is 10.3. The first kappa shape index (κ1) is 15.9. The minimum absolute atomic E-state index is 0.278. The van der Waals surface area contributed by atoms with Gasteiger partial charge in [-0.2, -0.15) is 0 Å². The molecule has 7 heteroatoms. The van der Waals surface area contributed by atoms with Crippen LogP contribution in [-0.2, 0) is 4.79 Å². The number of rotatable bonds is 4. The summed E-state index contributed by atoms with van der Waals surface area (Å²) in [4.78, 5) is 25.3. The number of amides is 3. The lowest BCUT2D eigenvalue weighted by Gasteiger charge is -2.33. The first-order valence-corrected chi connectivity index (χ1v) is 7.14. The van der Waals surface area contributed by atoms with Crippen LogP contribution < -0.4 is 21.3 Å². The molecule has 1 heterocycles. The number of primary amides is 1. The molecule has 0 radical (unpaired) electrons. The number of methoxy groups -OCH3 is 1. The molecular formula is C15H22N4O3.